The highest BCUT2D eigenvalue weighted by atomic mass is 16.5. The summed E-state index contributed by atoms with van der Waals surface area (Å²) in [5.41, 5.74) is 7.45. The quantitative estimate of drug-likeness (QED) is 0.697. The molecule has 5 rings (SSSR count). The highest BCUT2D eigenvalue weighted by Crippen LogP contribution is 2.38. The number of methoxy groups -OCH3 is 1. The minimum atomic E-state index is 0.0560. The Morgan fingerprint density at radius 1 is 1.10 bits per heavy atom. The van der Waals surface area contributed by atoms with E-state index < -0.39 is 0 Å². The highest BCUT2D eigenvalue weighted by molar-refractivity contribution is 5.95. The van der Waals surface area contributed by atoms with Crippen LogP contribution in [0.4, 0.5) is 0 Å². The van der Waals surface area contributed by atoms with Gasteiger partial charge in [0.25, 0.3) is 5.91 Å². The molecule has 31 heavy (non-hydrogen) atoms. The molecule has 6 nitrogen and oxygen atoms in total. The molecule has 1 aliphatic carbocycles. The van der Waals surface area contributed by atoms with E-state index in [0.717, 1.165) is 35.5 Å². The molecule has 160 valence electrons. The third-order valence-electron chi connectivity index (χ3n) is 6.21. The Balaban J connectivity index is 1.40. The maximum absolute atomic E-state index is 12.9. The number of hydrogen-bond donors (Lipinski definition) is 1. The molecule has 1 N–H and O–H groups in total. The average molecular weight is 418 g/mol. The normalized spacial score (nSPS) is 20.2. The van der Waals surface area contributed by atoms with Gasteiger partial charge in [0.15, 0.2) is 0 Å². The van der Waals surface area contributed by atoms with E-state index in [1.54, 1.807) is 7.11 Å². The zero-order valence-corrected chi connectivity index (χ0v) is 18.1. The van der Waals surface area contributed by atoms with Crippen molar-refractivity contribution in [1.82, 2.24) is 15.1 Å². The Labute approximate surface area is 182 Å². The molecular formula is C25H27N3O3. The topological polar surface area (TPSA) is 67.4 Å². The van der Waals surface area contributed by atoms with Gasteiger partial charge in [0.05, 0.1) is 30.7 Å². The number of aromatic nitrogens is 2. The molecule has 1 saturated heterocycles. The van der Waals surface area contributed by atoms with Gasteiger partial charge in [-0.25, -0.2) is 0 Å². The number of fused-ring (bicyclic) bond motifs is 3. The minimum Gasteiger partial charge on any atom is -0.497 e. The average Bonchev–Trinajstić information content (AvgIpc) is 3.22. The molecule has 2 heterocycles. The highest BCUT2D eigenvalue weighted by Gasteiger charge is 2.27. The Morgan fingerprint density at radius 3 is 2.55 bits per heavy atom. The van der Waals surface area contributed by atoms with Crippen molar-refractivity contribution in [2.75, 3.05) is 20.2 Å². The van der Waals surface area contributed by atoms with Gasteiger partial charge in [-0.1, -0.05) is 12.1 Å². The number of carbonyl (C=O) groups is 1. The first kappa shape index (κ1) is 19.8. The van der Waals surface area contributed by atoms with E-state index in [2.05, 4.69) is 22.3 Å². The van der Waals surface area contributed by atoms with Crippen LogP contribution in [0.3, 0.4) is 0 Å². The fourth-order valence-electron chi connectivity index (χ4n) is 4.77. The SMILES string of the molecule is COc1ccc2c(c1)CCc1c(-c3ccc(C(=O)N4CC(C)OC(C)C4)cc3)n[nH]c1-2. The fourth-order valence-corrected chi connectivity index (χ4v) is 4.77. The van der Waals surface area contributed by atoms with E-state index in [0.29, 0.717) is 18.7 Å². The van der Waals surface area contributed by atoms with Gasteiger partial charge in [0.1, 0.15) is 5.75 Å². The van der Waals surface area contributed by atoms with E-state index in [1.165, 1.54) is 16.7 Å². The molecule has 0 saturated carbocycles. The molecule has 1 aliphatic heterocycles. The molecule has 2 aromatic carbocycles. The number of aryl methyl sites for hydroxylation is 1. The summed E-state index contributed by atoms with van der Waals surface area (Å²) in [6, 6.07) is 14.0. The molecule has 0 bridgehead atoms. The predicted molar refractivity (Wildman–Crippen MR) is 119 cm³/mol. The second-order valence-corrected chi connectivity index (χ2v) is 8.49. The standard InChI is InChI=1S/C25H27N3O3/c1-15-13-28(14-16(2)31-15)25(29)18-6-4-17(5-7-18)23-22-10-8-19-12-20(30-3)9-11-21(19)24(22)27-26-23/h4-7,9,11-12,15-16H,8,10,13-14H2,1-3H3,(H,26,27). The largest absolute Gasteiger partial charge is 0.497 e. The van der Waals surface area contributed by atoms with Crippen LogP contribution in [0.15, 0.2) is 42.5 Å². The summed E-state index contributed by atoms with van der Waals surface area (Å²) in [5, 5.41) is 7.86. The molecule has 1 amide bonds. The van der Waals surface area contributed by atoms with Gasteiger partial charge in [0.2, 0.25) is 0 Å². The summed E-state index contributed by atoms with van der Waals surface area (Å²) in [5.74, 6) is 0.937. The van der Waals surface area contributed by atoms with E-state index in [4.69, 9.17) is 9.47 Å². The zero-order chi connectivity index (χ0) is 21.5. The van der Waals surface area contributed by atoms with Crippen molar-refractivity contribution < 1.29 is 14.3 Å². The molecule has 2 aliphatic rings. The van der Waals surface area contributed by atoms with Gasteiger partial charge < -0.3 is 14.4 Å². The van der Waals surface area contributed by atoms with Crippen molar-refractivity contribution >= 4 is 5.91 Å². The summed E-state index contributed by atoms with van der Waals surface area (Å²) in [6.45, 7) is 5.27. The van der Waals surface area contributed by atoms with Crippen molar-refractivity contribution in [3.8, 4) is 28.3 Å². The molecule has 0 spiro atoms. The Hall–Kier alpha value is -3.12. The van der Waals surface area contributed by atoms with E-state index >= 15 is 0 Å². The first-order valence-electron chi connectivity index (χ1n) is 10.8. The van der Waals surface area contributed by atoms with Crippen LogP contribution >= 0.6 is 0 Å². The number of hydrogen-bond acceptors (Lipinski definition) is 4. The molecule has 3 aromatic rings. The van der Waals surface area contributed by atoms with Crippen molar-refractivity contribution in [2.45, 2.75) is 38.9 Å². The van der Waals surface area contributed by atoms with Gasteiger partial charge in [0, 0.05) is 35.3 Å². The predicted octanol–water partition coefficient (Wildman–Crippen LogP) is 4.10. The van der Waals surface area contributed by atoms with E-state index in [-0.39, 0.29) is 18.1 Å². The lowest BCUT2D eigenvalue weighted by Crippen LogP contribution is -2.48. The van der Waals surface area contributed by atoms with Gasteiger partial charge in [-0.2, -0.15) is 5.10 Å². The molecule has 1 aromatic heterocycles. The maximum atomic E-state index is 12.9. The van der Waals surface area contributed by atoms with Crippen LogP contribution in [-0.4, -0.2) is 53.4 Å². The number of nitrogens with zero attached hydrogens (tertiary/aromatic N) is 2. The number of H-pyrrole nitrogens is 1. The number of ether oxygens (including phenoxy) is 2. The van der Waals surface area contributed by atoms with Gasteiger partial charge >= 0.3 is 0 Å². The lowest BCUT2D eigenvalue weighted by atomic mass is 9.87. The minimum absolute atomic E-state index is 0.0560. The number of carbonyl (C=O) groups excluding carboxylic acids is 1. The molecule has 0 radical (unpaired) electrons. The molecule has 1 fully saturated rings. The van der Waals surface area contributed by atoms with Crippen molar-refractivity contribution in [3.05, 3.63) is 59.2 Å². The van der Waals surface area contributed by atoms with Crippen LogP contribution in [0, 0.1) is 0 Å². The van der Waals surface area contributed by atoms with Gasteiger partial charge in [-0.15, -0.1) is 0 Å². The van der Waals surface area contributed by atoms with E-state index in [1.807, 2.05) is 49.1 Å². The molecule has 2 atom stereocenters. The number of amides is 1. The van der Waals surface area contributed by atoms with Crippen LogP contribution in [0.25, 0.3) is 22.5 Å². The zero-order valence-electron chi connectivity index (χ0n) is 18.1. The number of benzene rings is 2. The van der Waals surface area contributed by atoms with E-state index in [9.17, 15) is 4.79 Å². The summed E-state index contributed by atoms with van der Waals surface area (Å²) in [4.78, 5) is 14.8. The third kappa shape index (κ3) is 3.61. The van der Waals surface area contributed by atoms with Crippen LogP contribution < -0.4 is 4.74 Å². The van der Waals surface area contributed by atoms with Crippen LogP contribution in [0.5, 0.6) is 5.75 Å². The molecular weight excluding hydrogens is 390 g/mol. The Bertz CT molecular complexity index is 1110. The number of aromatic amines is 1. The lowest BCUT2D eigenvalue weighted by Gasteiger charge is -2.35. The lowest BCUT2D eigenvalue weighted by molar-refractivity contribution is -0.0586. The van der Waals surface area contributed by atoms with Crippen LogP contribution in [0.1, 0.15) is 35.3 Å². The summed E-state index contributed by atoms with van der Waals surface area (Å²) < 4.78 is 11.1. The second-order valence-electron chi connectivity index (χ2n) is 8.49. The molecule has 6 heteroatoms. The van der Waals surface area contributed by atoms with Crippen LogP contribution in [0.2, 0.25) is 0 Å². The second kappa shape index (κ2) is 7.85. The van der Waals surface area contributed by atoms with Crippen molar-refractivity contribution in [3.63, 3.8) is 0 Å². The number of morpholine rings is 1. The van der Waals surface area contributed by atoms with Gasteiger partial charge in [-0.05, 0) is 62.6 Å². The summed E-state index contributed by atoms with van der Waals surface area (Å²) in [6.07, 6.45) is 2.00. The Morgan fingerprint density at radius 2 is 1.84 bits per heavy atom. The third-order valence-corrected chi connectivity index (χ3v) is 6.21. The maximum Gasteiger partial charge on any atom is 0.254 e. The van der Waals surface area contributed by atoms with Gasteiger partial charge in [-0.3, -0.25) is 9.89 Å². The first-order valence-corrected chi connectivity index (χ1v) is 10.8. The summed E-state index contributed by atoms with van der Waals surface area (Å²) >= 11 is 0. The first-order chi connectivity index (χ1) is 15.0. The smallest absolute Gasteiger partial charge is 0.254 e. The van der Waals surface area contributed by atoms with Crippen LogP contribution in [-0.2, 0) is 17.6 Å². The Kier molecular flexibility index (Phi) is 5.02. The van der Waals surface area contributed by atoms with Crippen molar-refractivity contribution in [1.29, 1.82) is 0 Å². The monoisotopic (exact) mass is 417 g/mol. The number of rotatable bonds is 3. The summed E-state index contributed by atoms with van der Waals surface area (Å²) in [7, 11) is 1.69. The molecule has 2 unspecified atom stereocenters. The number of nitrogens with one attached hydrogen (secondary N) is 1. The fraction of sp³-hybridized carbons (Fsp3) is 0.360. The van der Waals surface area contributed by atoms with Crippen molar-refractivity contribution in [2.24, 2.45) is 0 Å².